The minimum atomic E-state index is -0.192. The number of amides is 1. The zero-order valence-electron chi connectivity index (χ0n) is 18.0. The van der Waals surface area contributed by atoms with E-state index in [9.17, 15) is 9.18 Å². The van der Waals surface area contributed by atoms with E-state index in [2.05, 4.69) is 9.88 Å². The standard InChI is InChI=1S/C24H32FN3O2/c1-27(15-12-21-7-3-4-13-26-21)24(29)11-8-19-6-5-14-28(17-19)18-20-16-22(30-2)9-10-23(20)25/h3-4,7,9-10,13,16,19H,5-6,8,11-12,14-15,17-18H2,1-2H3/t19-/m0/s1. The Hall–Kier alpha value is -2.47. The van der Waals surface area contributed by atoms with Gasteiger partial charge >= 0.3 is 0 Å². The fraction of sp³-hybridized carbons (Fsp3) is 0.500. The van der Waals surface area contributed by atoms with Crippen LogP contribution in [0.5, 0.6) is 5.75 Å². The number of benzene rings is 1. The summed E-state index contributed by atoms with van der Waals surface area (Å²) in [7, 11) is 3.46. The maximum absolute atomic E-state index is 14.2. The molecule has 0 bridgehead atoms. The highest BCUT2D eigenvalue weighted by molar-refractivity contribution is 5.75. The highest BCUT2D eigenvalue weighted by Gasteiger charge is 2.22. The summed E-state index contributed by atoms with van der Waals surface area (Å²) in [5.74, 6) is 1.14. The molecule has 1 fully saturated rings. The van der Waals surface area contributed by atoms with Gasteiger partial charge in [-0.1, -0.05) is 6.07 Å². The molecule has 5 nitrogen and oxygen atoms in total. The molecule has 1 aromatic carbocycles. The number of nitrogens with zero attached hydrogens (tertiary/aromatic N) is 3. The van der Waals surface area contributed by atoms with Crippen LogP contribution < -0.4 is 4.74 Å². The molecule has 3 rings (SSSR count). The number of methoxy groups -OCH3 is 1. The molecule has 0 radical (unpaired) electrons. The maximum Gasteiger partial charge on any atom is 0.222 e. The number of hydrogen-bond acceptors (Lipinski definition) is 4. The van der Waals surface area contributed by atoms with Crippen molar-refractivity contribution in [1.29, 1.82) is 0 Å². The minimum absolute atomic E-state index is 0.182. The Morgan fingerprint density at radius 3 is 2.97 bits per heavy atom. The fourth-order valence-corrected chi connectivity index (χ4v) is 4.04. The molecular weight excluding hydrogens is 381 g/mol. The van der Waals surface area contributed by atoms with Gasteiger partial charge in [0.1, 0.15) is 11.6 Å². The number of carbonyl (C=O) groups is 1. The number of halogens is 1. The predicted octanol–water partition coefficient (Wildman–Crippen LogP) is 3.92. The molecule has 2 heterocycles. The zero-order valence-corrected chi connectivity index (χ0v) is 18.0. The first-order valence-electron chi connectivity index (χ1n) is 10.7. The van der Waals surface area contributed by atoms with Gasteiger partial charge in [-0.05, 0) is 62.1 Å². The Kier molecular flexibility index (Phi) is 8.20. The first-order valence-corrected chi connectivity index (χ1v) is 10.7. The average molecular weight is 414 g/mol. The van der Waals surface area contributed by atoms with Gasteiger partial charge in [-0.3, -0.25) is 14.7 Å². The van der Waals surface area contributed by atoms with E-state index in [4.69, 9.17) is 4.74 Å². The number of carbonyl (C=O) groups excluding carboxylic acids is 1. The van der Waals surface area contributed by atoms with E-state index in [1.807, 2.05) is 25.2 Å². The molecule has 1 aromatic heterocycles. The van der Waals surface area contributed by atoms with Crippen LogP contribution in [0.25, 0.3) is 0 Å². The van der Waals surface area contributed by atoms with E-state index >= 15 is 0 Å². The van der Waals surface area contributed by atoms with Crippen LogP contribution in [0, 0.1) is 11.7 Å². The summed E-state index contributed by atoms with van der Waals surface area (Å²) in [6.07, 6.45) is 6.20. The summed E-state index contributed by atoms with van der Waals surface area (Å²) in [6, 6.07) is 10.7. The Balaban J connectivity index is 1.43. The molecular formula is C24H32FN3O2. The van der Waals surface area contributed by atoms with Crippen molar-refractivity contribution >= 4 is 5.91 Å². The quantitative estimate of drug-likeness (QED) is 0.625. The number of ether oxygens (including phenoxy) is 1. The largest absolute Gasteiger partial charge is 0.497 e. The molecule has 0 unspecified atom stereocenters. The molecule has 1 amide bonds. The SMILES string of the molecule is COc1ccc(F)c(CN2CCC[C@@H](CCC(=O)N(C)CCc3ccccn3)C2)c1. The molecule has 1 aliphatic heterocycles. The predicted molar refractivity (Wildman–Crippen MR) is 116 cm³/mol. The lowest BCUT2D eigenvalue weighted by Gasteiger charge is -2.33. The molecule has 0 aliphatic carbocycles. The highest BCUT2D eigenvalue weighted by Crippen LogP contribution is 2.25. The third kappa shape index (κ3) is 6.52. The van der Waals surface area contributed by atoms with Gasteiger partial charge in [0, 0.05) is 57.0 Å². The third-order valence-electron chi connectivity index (χ3n) is 5.87. The Bertz CT molecular complexity index is 815. The lowest BCUT2D eigenvalue weighted by Crippen LogP contribution is -2.36. The van der Waals surface area contributed by atoms with Crippen LogP contribution >= 0.6 is 0 Å². The van der Waals surface area contributed by atoms with E-state index in [0.717, 1.165) is 44.5 Å². The fourth-order valence-electron chi connectivity index (χ4n) is 4.04. The van der Waals surface area contributed by atoms with Crippen LogP contribution in [-0.4, -0.2) is 54.5 Å². The summed E-state index contributed by atoms with van der Waals surface area (Å²) in [5, 5.41) is 0. The number of likely N-dealkylation sites (tertiary alicyclic amines) is 1. The number of pyridine rings is 1. The molecule has 0 saturated carbocycles. The highest BCUT2D eigenvalue weighted by atomic mass is 19.1. The summed E-state index contributed by atoms with van der Waals surface area (Å²) in [5.41, 5.74) is 1.67. The number of hydrogen-bond donors (Lipinski definition) is 0. The van der Waals surface area contributed by atoms with Crippen LogP contribution in [0.1, 0.15) is 36.9 Å². The number of rotatable bonds is 9. The van der Waals surface area contributed by atoms with Gasteiger partial charge < -0.3 is 9.64 Å². The monoisotopic (exact) mass is 413 g/mol. The number of aromatic nitrogens is 1. The van der Waals surface area contributed by atoms with Crippen LogP contribution in [0.3, 0.4) is 0 Å². The molecule has 30 heavy (non-hydrogen) atoms. The maximum atomic E-state index is 14.2. The number of likely N-dealkylation sites (N-methyl/N-ethyl adjacent to an activating group) is 1. The second-order valence-corrected chi connectivity index (χ2v) is 8.13. The molecule has 0 spiro atoms. The van der Waals surface area contributed by atoms with E-state index in [1.165, 1.54) is 6.07 Å². The van der Waals surface area contributed by atoms with Crippen LogP contribution in [-0.2, 0) is 17.8 Å². The van der Waals surface area contributed by atoms with Gasteiger partial charge in [-0.25, -0.2) is 4.39 Å². The van der Waals surface area contributed by atoms with Crippen LogP contribution in [0.15, 0.2) is 42.6 Å². The Labute approximate surface area is 178 Å². The normalized spacial score (nSPS) is 17.0. The van der Waals surface area contributed by atoms with E-state index < -0.39 is 0 Å². The van der Waals surface area contributed by atoms with E-state index in [1.54, 1.807) is 30.3 Å². The van der Waals surface area contributed by atoms with Crippen molar-refractivity contribution in [3.8, 4) is 5.75 Å². The van der Waals surface area contributed by atoms with Gasteiger partial charge in [0.2, 0.25) is 5.91 Å². The molecule has 1 saturated heterocycles. The van der Waals surface area contributed by atoms with Crippen molar-refractivity contribution in [3.63, 3.8) is 0 Å². The second-order valence-electron chi connectivity index (χ2n) is 8.13. The van der Waals surface area contributed by atoms with Crippen molar-refractivity contribution in [2.75, 3.05) is 33.8 Å². The smallest absolute Gasteiger partial charge is 0.222 e. The molecule has 0 N–H and O–H groups in total. The molecule has 6 heteroatoms. The van der Waals surface area contributed by atoms with Gasteiger partial charge in [-0.15, -0.1) is 0 Å². The average Bonchev–Trinajstić information content (AvgIpc) is 2.78. The van der Waals surface area contributed by atoms with E-state index in [-0.39, 0.29) is 11.7 Å². The summed E-state index contributed by atoms with van der Waals surface area (Å²) < 4.78 is 19.4. The lowest BCUT2D eigenvalue weighted by atomic mass is 9.92. The topological polar surface area (TPSA) is 45.7 Å². The Morgan fingerprint density at radius 2 is 2.20 bits per heavy atom. The van der Waals surface area contributed by atoms with Crippen LogP contribution in [0.4, 0.5) is 4.39 Å². The van der Waals surface area contributed by atoms with Crippen molar-refractivity contribution in [2.24, 2.45) is 5.92 Å². The number of piperidine rings is 1. The van der Waals surface area contributed by atoms with Gasteiger partial charge in [0.15, 0.2) is 0 Å². The third-order valence-corrected chi connectivity index (χ3v) is 5.87. The summed E-state index contributed by atoms with van der Waals surface area (Å²) >= 11 is 0. The van der Waals surface area contributed by atoms with Crippen molar-refractivity contribution in [2.45, 2.75) is 38.6 Å². The van der Waals surface area contributed by atoms with Crippen molar-refractivity contribution in [1.82, 2.24) is 14.8 Å². The van der Waals surface area contributed by atoms with Crippen molar-refractivity contribution < 1.29 is 13.9 Å². The van der Waals surface area contributed by atoms with Gasteiger partial charge in [0.25, 0.3) is 0 Å². The van der Waals surface area contributed by atoms with Gasteiger partial charge in [0.05, 0.1) is 7.11 Å². The lowest BCUT2D eigenvalue weighted by molar-refractivity contribution is -0.130. The second kappa shape index (κ2) is 11.1. The zero-order chi connectivity index (χ0) is 21.3. The molecule has 1 atom stereocenters. The Morgan fingerprint density at radius 1 is 1.33 bits per heavy atom. The first-order chi connectivity index (χ1) is 14.5. The first kappa shape index (κ1) is 22.2. The minimum Gasteiger partial charge on any atom is -0.497 e. The van der Waals surface area contributed by atoms with E-state index in [0.29, 0.717) is 36.7 Å². The van der Waals surface area contributed by atoms with Crippen LogP contribution in [0.2, 0.25) is 0 Å². The van der Waals surface area contributed by atoms with Crippen molar-refractivity contribution in [3.05, 3.63) is 59.7 Å². The molecule has 2 aromatic rings. The van der Waals surface area contributed by atoms with Gasteiger partial charge in [-0.2, -0.15) is 0 Å². The summed E-state index contributed by atoms with van der Waals surface area (Å²) in [4.78, 5) is 20.9. The molecule has 1 aliphatic rings. The molecule has 162 valence electrons. The summed E-state index contributed by atoms with van der Waals surface area (Å²) in [6.45, 7) is 3.13.